The van der Waals surface area contributed by atoms with Crippen molar-refractivity contribution < 1.29 is 27.6 Å². The lowest BCUT2D eigenvalue weighted by Gasteiger charge is -2.22. The molecule has 0 amide bonds. The van der Waals surface area contributed by atoms with Crippen molar-refractivity contribution >= 4 is 5.82 Å². The molecule has 0 fully saturated rings. The van der Waals surface area contributed by atoms with Crippen molar-refractivity contribution in [2.45, 2.75) is 19.3 Å². The van der Waals surface area contributed by atoms with Crippen molar-refractivity contribution in [3.05, 3.63) is 75.7 Å². The zero-order valence-corrected chi connectivity index (χ0v) is 14.8. The van der Waals surface area contributed by atoms with Crippen LogP contribution in [0.2, 0.25) is 0 Å². The van der Waals surface area contributed by atoms with Crippen LogP contribution in [0.15, 0.2) is 42.6 Å². The van der Waals surface area contributed by atoms with Gasteiger partial charge in [0.25, 0.3) is 0 Å². The number of hydrogen-bond donors (Lipinski definition) is 0. The van der Waals surface area contributed by atoms with Crippen LogP contribution in [0.1, 0.15) is 5.56 Å². The number of ether oxygens (including phenoxy) is 2. The monoisotopic (exact) mass is 405 g/mol. The van der Waals surface area contributed by atoms with Crippen molar-refractivity contribution in [3.8, 4) is 17.1 Å². The minimum atomic E-state index is -1.50. The van der Waals surface area contributed by atoms with Gasteiger partial charge in [0.15, 0.2) is 17.5 Å². The molecule has 10 heteroatoms. The maximum absolute atomic E-state index is 13.4. The molecule has 0 spiro atoms. The molecule has 0 saturated heterocycles. The summed E-state index contributed by atoms with van der Waals surface area (Å²) < 4.78 is 52.6. The number of aromatic nitrogens is 2. The van der Waals surface area contributed by atoms with Crippen LogP contribution in [0, 0.1) is 27.6 Å². The molecule has 0 N–H and O–H groups in total. The Kier molecular flexibility index (Phi) is 4.93. The molecule has 4 rings (SSSR count). The van der Waals surface area contributed by atoms with E-state index in [1.54, 1.807) is 24.3 Å². The van der Waals surface area contributed by atoms with Crippen LogP contribution in [0.25, 0.3) is 11.1 Å². The van der Waals surface area contributed by atoms with Crippen molar-refractivity contribution in [1.82, 2.24) is 9.55 Å². The van der Waals surface area contributed by atoms with E-state index in [9.17, 15) is 23.3 Å². The maximum Gasteiger partial charge on any atom is 0.414 e. The van der Waals surface area contributed by atoms with Crippen molar-refractivity contribution in [1.29, 1.82) is 0 Å². The molecule has 2 aromatic carbocycles. The van der Waals surface area contributed by atoms with Crippen LogP contribution >= 0.6 is 0 Å². The summed E-state index contributed by atoms with van der Waals surface area (Å²) in [6, 6.07) is 8.81. The number of halogens is 3. The van der Waals surface area contributed by atoms with Crippen LogP contribution < -0.4 is 4.74 Å². The highest BCUT2D eigenvalue weighted by Gasteiger charge is 2.28. The van der Waals surface area contributed by atoms with E-state index in [0.29, 0.717) is 12.1 Å². The topological polar surface area (TPSA) is 79.4 Å². The molecule has 3 aromatic rings. The molecule has 1 aliphatic rings. The fourth-order valence-electron chi connectivity index (χ4n) is 2.99. The zero-order valence-electron chi connectivity index (χ0n) is 14.8. The Labute approximate surface area is 162 Å². The summed E-state index contributed by atoms with van der Waals surface area (Å²) in [5.41, 5.74) is 1.56. The van der Waals surface area contributed by atoms with E-state index in [1.165, 1.54) is 10.8 Å². The lowest BCUT2D eigenvalue weighted by atomic mass is 10.0. The highest BCUT2D eigenvalue weighted by Crippen LogP contribution is 2.25. The molecule has 1 aromatic heterocycles. The Morgan fingerprint density at radius 2 is 1.86 bits per heavy atom. The molecule has 0 saturated carbocycles. The van der Waals surface area contributed by atoms with Gasteiger partial charge in [0, 0.05) is 4.98 Å². The predicted octanol–water partition coefficient (Wildman–Crippen LogP) is 3.85. The summed E-state index contributed by atoms with van der Waals surface area (Å²) in [5, 5.41) is 10.8. The molecule has 0 unspecified atom stereocenters. The Hall–Kier alpha value is -3.40. The lowest BCUT2D eigenvalue weighted by Crippen LogP contribution is -2.32. The van der Waals surface area contributed by atoms with Crippen LogP contribution in [0.5, 0.6) is 6.01 Å². The molecule has 7 nitrogen and oxygen atoms in total. The molecule has 29 heavy (non-hydrogen) atoms. The third-order valence-corrected chi connectivity index (χ3v) is 4.47. The SMILES string of the molecule is O=[N+]([O-])c1cn2c(n1)OC[C@@H](OCc1ccc(-c3cc(F)c(F)c(F)c3)cc1)C2. The third-order valence-electron chi connectivity index (χ3n) is 4.47. The largest absolute Gasteiger partial charge is 0.443 e. The molecule has 1 atom stereocenters. The summed E-state index contributed by atoms with van der Waals surface area (Å²) in [7, 11) is 0. The summed E-state index contributed by atoms with van der Waals surface area (Å²) in [5.74, 6) is -4.28. The maximum atomic E-state index is 13.4. The fraction of sp³-hybridized carbons (Fsp3) is 0.211. The van der Waals surface area contributed by atoms with Crippen molar-refractivity contribution in [2.24, 2.45) is 0 Å². The number of nitrogens with zero attached hydrogens (tertiary/aromatic N) is 3. The van der Waals surface area contributed by atoms with Crippen LogP contribution in [-0.4, -0.2) is 27.2 Å². The first kappa shape index (κ1) is 18.9. The van der Waals surface area contributed by atoms with Crippen LogP contribution in [-0.2, 0) is 17.9 Å². The van der Waals surface area contributed by atoms with E-state index in [4.69, 9.17) is 9.47 Å². The highest BCUT2D eigenvalue weighted by molar-refractivity contribution is 5.63. The van der Waals surface area contributed by atoms with Gasteiger partial charge in [-0.3, -0.25) is 4.57 Å². The second-order valence-electron chi connectivity index (χ2n) is 6.49. The smallest absolute Gasteiger partial charge is 0.414 e. The van der Waals surface area contributed by atoms with E-state index in [0.717, 1.165) is 17.7 Å². The average Bonchev–Trinajstić information content (AvgIpc) is 3.14. The summed E-state index contributed by atoms with van der Waals surface area (Å²) in [6.45, 7) is 0.815. The molecular weight excluding hydrogens is 391 g/mol. The summed E-state index contributed by atoms with van der Waals surface area (Å²) in [6.07, 6.45) is 0.969. The van der Waals surface area contributed by atoms with Gasteiger partial charge in [0.05, 0.1) is 13.2 Å². The van der Waals surface area contributed by atoms with E-state index < -0.39 is 22.4 Å². The minimum Gasteiger partial charge on any atom is -0.443 e. The Morgan fingerprint density at radius 3 is 2.52 bits per heavy atom. The molecule has 0 aliphatic carbocycles. The first-order valence-corrected chi connectivity index (χ1v) is 8.60. The number of hydrogen-bond acceptors (Lipinski definition) is 5. The first-order chi connectivity index (χ1) is 13.9. The zero-order chi connectivity index (χ0) is 20.5. The number of rotatable bonds is 5. The quantitative estimate of drug-likeness (QED) is 0.366. The third kappa shape index (κ3) is 3.92. The molecule has 0 radical (unpaired) electrons. The Bertz CT molecular complexity index is 1050. The highest BCUT2D eigenvalue weighted by atomic mass is 19.2. The predicted molar refractivity (Wildman–Crippen MR) is 94.7 cm³/mol. The number of nitro groups is 1. The minimum absolute atomic E-state index is 0.180. The molecule has 2 heterocycles. The average molecular weight is 405 g/mol. The van der Waals surface area contributed by atoms with Gasteiger partial charge in [-0.1, -0.05) is 24.3 Å². The molecular formula is C19H14F3N3O4. The second-order valence-corrected chi connectivity index (χ2v) is 6.49. The van der Waals surface area contributed by atoms with Gasteiger partial charge in [-0.2, -0.15) is 0 Å². The number of imidazole rings is 1. The molecule has 0 bridgehead atoms. The normalized spacial score (nSPS) is 15.6. The number of fused-ring (bicyclic) bond motifs is 1. The Balaban J connectivity index is 1.39. The van der Waals surface area contributed by atoms with Gasteiger partial charge in [-0.05, 0) is 33.7 Å². The van der Waals surface area contributed by atoms with Gasteiger partial charge in [-0.25, -0.2) is 13.2 Å². The summed E-state index contributed by atoms with van der Waals surface area (Å²) >= 11 is 0. The standard InChI is InChI=1S/C19H14F3N3O4/c20-15-5-13(6-16(21)18(15)22)12-3-1-11(2-4-12)9-28-14-7-24-8-17(25(26)27)23-19(24)29-10-14/h1-6,8,14H,7,9-10H2/t14-/m0/s1. The van der Waals surface area contributed by atoms with Crippen LogP contribution in [0.4, 0.5) is 19.0 Å². The van der Waals surface area contributed by atoms with Gasteiger partial charge < -0.3 is 19.6 Å². The Morgan fingerprint density at radius 1 is 1.17 bits per heavy atom. The van der Waals surface area contributed by atoms with Gasteiger partial charge >= 0.3 is 11.8 Å². The lowest BCUT2D eigenvalue weighted by molar-refractivity contribution is -0.389. The number of benzene rings is 2. The summed E-state index contributed by atoms with van der Waals surface area (Å²) in [4.78, 5) is 14.0. The fourth-order valence-corrected chi connectivity index (χ4v) is 2.99. The van der Waals surface area contributed by atoms with E-state index in [1.807, 2.05) is 0 Å². The van der Waals surface area contributed by atoms with E-state index in [2.05, 4.69) is 4.98 Å². The molecule has 150 valence electrons. The molecule has 1 aliphatic heterocycles. The van der Waals surface area contributed by atoms with Gasteiger partial charge in [-0.15, -0.1) is 0 Å². The second kappa shape index (κ2) is 7.55. The van der Waals surface area contributed by atoms with Gasteiger partial charge in [0.2, 0.25) is 0 Å². The van der Waals surface area contributed by atoms with Crippen molar-refractivity contribution in [2.75, 3.05) is 6.61 Å². The van der Waals surface area contributed by atoms with Crippen LogP contribution in [0.3, 0.4) is 0 Å². The first-order valence-electron chi connectivity index (χ1n) is 8.60. The van der Waals surface area contributed by atoms with E-state index >= 15 is 0 Å². The van der Waals surface area contributed by atoms with Gasteiger partial charge in [0.1, 0.15) is 18.9 Å². The van der Waals surface area contributed by atoms with Crippen molar-refractivity contribution in [3.63, 3.8) is 0 Å². The van der Waals surface area contributed by atoms with E-state index in [-0.39, 0.29) is 36.7 Å².